The van der Waals surface area contributed by atoms with E-state index in [-0.39, 0.29) is 11.9 Å². The van der Waals surface area contributed by atoms with Crippen LogP contribution < -0.4 is 5.32 Å². The first-order chi connectivity index (χ1) is 8.20. The van der Waals surface area contributed by atoms with E-state index in [1.807, 2.05) is 12.1 Å². The third-order valence-electron chi connectivity index (χ3n) is 3.14. The van der Waals surface area contributed by atoms with Gasteiger partial charge in [0.25, 0.3) is 0 Å². The highest BCUT2D eigenvalue weighted by Gasteiger charge is 2.25. The van der Waals surface area contributed by atoms with Gasteiger partial charge in [-0.3, -0.25) is 4.79 Å². The fourth-order valence-electron chi connectivity index (χ4n) is 1.85. The molecule has 1 N–H and O–H groups in total. The minimum absolute atomic E-state index is 0.161. The van der Waals surface area contributed by atoms with Crippen LogP contribution in [-0.2, 0) is 9.53 Å². The average Bonchev–Trinajstić information content (AvgIpc) is 2.67. The van der Waals surface area contributed by atoms with Crippen LogP contribution in [0.25, 0.3) is 0 Å². The summed E-state index contributed by atoms with van der Waals surface area (Å²) in [7, 11) is 1.45. The second kappa shape index (κ2) is 5.98. The second-order valence-electron chi connectivity index (χ2n) is 4.25. The number of hydrogen-bond donors (Lipinski definition) is 1. The van der Waals surface area contributed by atoms with Gasteiger partial charge in [0.2, 0.25) is 0 Å². The molecule has 0 saturated heterocycles. The van der Waals surface area contributed by atoms with E-state index < -0.39 is 0 Å². The molecule has 94 valence electrons. The number of rotatable bonds is 5. The van der Waals surface area contributed by atoms with Crippen LogP contribution in [0.3, 0.4) is 0 Å². The van der Waals surface area contributed by atoms with Crippen molar-refractivity contribution in [2.75, 3.05) is 13.7 Å². The van der Waals surface area contributed by atoms with Gasteiger partial charge >= 0.3 is 5.97 Å². The van der Waals surface area contributed by atoms with Gasteiger partial charge in [0, 0.05) is 17.5 Å². The van der Waals surface area contributed by atoms with Crippen molar-refractivity contribution in [2.45, 2.75) is 31.2 Å². The number of hydrogen-bond acceptors (Lipinski definition) is 4. The molecule has 1 fully saturated rings. The van der Waals surface area contributed by atoms with E-state index in [0.29, 0.717) is 12.6 Å². The summed E-state index contributed by atoms with van der Waals surface area (Å²) in [4.78, 5) is 12.8. The van der Waals surface area contributed by atoms with Crippen LogP contribution in [0, 0.1) is 0 Å². The van der Waals surface area contributed by atoms with Gasteiger partial charge in [0.05, 0.1) is 10.9 Å². The maximum absolute atomic E-state index is 11.8. The number of nitrogens with one attached hydrogen (secondary N) is 1. The largest absolute Gasteiger partial charge is 0.468 e. The van der Waals surface area contributed by atoms with Crippen LogP contribution in [0.15, 0.2) is 15.9 Å². The van der Waals surface area contributed by atoms with E-state index in [1.165, 1.54) is 26.4 Å². The molecule has 1 aliphatic rings. The topological polar surface area (TPSA) is 38.3 Å². The summed E-state index contributed by atoms with van der Waals surface area (Å²) in [6.45, 7) is 0.671. The summed E-state index contributed by atoms with van der Waals surface area (Å²) in [5.41, 5.74) is 0. The first-order valence-corrected chi connectivity index (χ1v) is 7.38. The summed E-state index contributed by atoms with van der Waals surface area (Å²) in [6.07, 6.45) is 3.75. The third-order valence-corrected chi connectivity index (χ3v) is 4.88. The minimum atomic E-state index is -0.183. The SMILES string of the molecule is COC(=O)C(CNC1CCC1)c1ccc(Br)s1. The van der Waals surface area contributed by atoms with Gasteiger partial charge in [-0.25, -0.2) is 0 Å². The Kier molecular flexibility index (Phi) is 4.59. The van der Waals surface area contributed by atoms with Crippen LogP contribution >= 0.6 is 27.3 Å². The van der Waals surface area contributed by atoms with Gasteiger partial charge in [-0.1, -0.05) is 6.42 Å². The van der Waals surface area contributed by atoms with E-state index in [9.17, 15) is 4.79 Å². The van der Waals surface area contributed by atoms with Gasteiger partial charge in [-0.05, 0) is 40.9 Å². The molecule has 5 heteroatoms. The molecular weight excluding hydrogens is 302 g/mol. The molecule has 17 heavy (non-hydrogen) atoms. The van der Waals surface area contributed by atoms with Crippen molar-refractivity contribution in [2.24, 2.45) is 0 Å². The van der Waals surface area contributed by atoms with Crippen molar-refractivity contribution in [3.8, 4) is 0 Å². The number of methoxy groups -OCH3 is 1. The number of halogens is 1. The predicted octanol–water partition coefficient (Wildman–Crippen LogP) is 2.91. The lowest BCUT2D eigenvalue weighted by molar-refractivity contribution is -0.142. The molecule has 1 aromatic heterocycles. The van der Waals surface area contributed by atoms with Crippen LogP contribution in [0.4, 0.5) is 0 Å². The van der Waals surface area contributed by atoms with E-state index in [0.717, 1.165) is 8.66 Å². The number of ether oxygens (including phenoxy) is 1. The number of thiophene rings is 1. The molecule has 0 radical (unpaired) electrons. The van der Waals surface area contributed by atoms with Crippen molar-refractivity contribution in [3.05, 3.63) is 20.8 Å². The quantitative estimate of drug-likeness (QED) is 0.849. The molecule has 1 unspecified atom stereocenters. The Morgan fingerprint density at radius 2 is 2.41 bits per heavy atom. The van der Waals surface area contributed by atoms with Crippen molar-refractivity contribution in [1.82, 2.24) is 5.32 Å². The fraction of sp³-hybridized carbons (Fsp3) is 0.583. The summed E-state index contributed by atoms with van der Waals surface area (Å²) < 4.78 is 5.92. The van der Waals surface area contributed by atoms with Crippen molar-refractivity contribution < 1.29 is 9.53 Å². The average molecular weight is 318 g/mol. The van der Waals surface area contributed by atoms with Crippen LogP contribution in [0.1, 0.15) is 30.1 Å². The van der Waals surface area contributed by atoms with Crippen molar-refractivity contribution in [3.63, 3.8) is 0 Å². The molecular formula is C12H16BrNO2S. The predicted molar refractivity (Wildman–Crippen MR) is 72.4 cm³/mol. The minimum Gasteiger partial charge on any atom is -0.468 e. The van der Waals surface area contributed by atoms with Crippen LogP contribution in [0.5, 0.6) is 0 Å². The highest BCUT2D eigenvalue weighted by molar-refractivity contribution is 9.11. The van der Waals surface area contributed by atoms with Crippen molar-refractivity contribution >= 4 is 33.2 Å². The molecule has 1 heterocycles. The summed E-state index contributed by atoms with van der Waals surface area (Å²) >= 11 is 5.02. The summed E-state index contributed by atoms with van der Waals surface area (Å²) in [5.74, 6) is -0.344. The van der Waals surface area contributed by atoms with E-state index in [2.05, 4.69) is 21.2 Å². The third kappa shape index (κ3) is 3.30. The molecule has 0 amide bonds. The van der Waals surface area contributed by atoms with E-state index in [4.69, 9.17) is 4.74 Å². The molecule has 0 aliphatic heterocycles. The molecule has 1 saturated carbocycles. The van der Waals surface area contributed by atoms with Crippen LogP contribution in [-0.4, -0.2) is 25.7 Å². The Morgan fingerprint density at radius 3 is 2.88 bits per heavy atom. The Labute approximate surface area is 114 Å². The van der Waals surface area contributed by atoms with Crippen LogP contribution in [0.2, 0.25) is 0 Å². The lowest BCUT2D eigenvalue weighted by Gasteiger charge is -2.28. The Hall–Kier alpha value is -0.390. The van der Waals surface area contributed by atoms with Gasteiger partial charge < -0.3 is 10.1 Å². The number of carbonyl (C=O) groups excluding carboxylic acids is 1. The molecule has 1 atom stereocenters. The maximum Gasteiger partial charge on any atom is 0.315 e. The van der Waals surface area contributed by atoms with Gasteiger partial charge in [0.15, 0.2) is 0 Å². The molecule has 0 spiro atoms. The molecule has 3 nitrogen and oxygen atoms in total. The normalized spacial score (nSPS) is 17.5. The molecule has 1 aromatic rings. The smallest absolute Gasteiger partial charge is 0.315 e. The van der Waals surface area contributed by atoms with Crippen molar-refractivity contribution in [1.29, 1.82) is 0 Å². The number of carbonyl (C=O) groups is 1. The summed E-state index contributed by atoms with van der Waals surface area (Å²) in [5, 5.41) is 3.43. The molecule has 2 rings (SSSR count). The zero-order valence-corrected chi connectivity index (χ0v) is 12.1. The number of esters is 1. The molecule has 1 aliphatic carbocycles. The monoisotopic (exact) mass is 317 g/mol. The second-order valence-corrected chi connectivity index (χ2v) is 6.75. The standard InChI is InChI=1S/C12H16BrNO2S/c1-16-12(15)9(7-14-8-3-2-4-8)10-5-6-11(13)17-10/h5-6,8-9,14H,2-4,7H2,1H3. The molecule has 0 bridgehead atoms. The summed E-state index contributed by atoms with van der Waals surface area (Å²) in [6, 6.07) is 4.54. The molecule has 0 aromatic carbocycles. The Bertz CT molecular complexity index is 390. The zero-order valence-electron chi connectivity index (χ0n) is 9.74. The fourth-order valence-corrected chi connectivity index (χ4v) is 3.37. The zero-order chi connectivity index (χ0) is 12.3. The van der Waals surface area contributed by atoms with E-state index in [1.54, 1.807) is 11.3 Å². The Balaban J connectivity index is 1.99. The highest BCUT2D eigenvalue weighted by Crippen LogP contribution is 2.29. The Morgan fingerprint density at radius 1 is 1.65 bits per heavy atom. The van der Waals surface area contributed by atoms with E-state index >= 15 is 0 Å². The first-order valence-electron chi connectivity index (χ1n) is 5.77. The lowest BCUT2D eigenvalue weighted by atomic mass is 9.92. The van der Waals surface area contributed by atoms with Gasteiger partial charge in [-0.2, -0.15) is 0 Å². The van der Waals surface area contributed by atoms with Gasteiger partial charge in [0.1, 0.15) is 5.92 Å². The lowest BCUT2D eigenvalue weighted by Crippen LogP contribution is -2.39. The van der Waals surface area contributed by atoms with Gasteiger partial charge in [-0.15, -0.1) is 11.3 Å². The maximum atomic E-state index is 11.8. The first kappa shape index (κ1) is 13.1. The highest BCUT2D eigenvalue weighted by atomic mass is 79.9.